The first kappa shape index (κ1) is 17.2. The number of pyridine rings is 1. The number of carboxylic acid groups (broad SMARTS) is 1. The summed E-state index contributed by atoms with van der Waals surface area (Å²) in [5.41, 5.74) is 0.103. The molecule has 0 aliphatic rings. The van der Waals surface area contributed by atoms with Crippen molar-refractivity contribution in [3.05, 3.63) is 40.8 Å². The molecule has 0 saturated heterocycles. The summed E-state index contributed by atoms with van der Waals surface area (Å²) in [7, 11) is 0. The summed E-state index contributed by atoms with van der Waals surface area (Å²) in [5, 5.41) is 11.7. The van der Waals surface area contributed by atoms with E-state index in [0.29, 0.717) is 22.0 Å². The predicted octanol–water partition coefficient (Wildman–Crippen LogP) is 4.63. The number of aromatic carboxylic acids is 1. The van der Waals surface area contributed by atoms with Crippen molar-refractivity contribution in [1.82, 2.24) is 9.55 Å². The van der Waals surface area contributed by atoms with Crippen LogP contribution in [0, 0.1) is 6.92 Å². The Balaban J connectivity index is 2.45. The van der Waals surface area contributed by atoms with Crippen molar-refractivity contribution >= 4 is 45.3 Å². The molecule has 0 aliphatic carbocycles. The lowest BCUT2D eigenvalue weighted by molar-refractivity contribution is 0.0542. The van der Waals surface area contributed by atoms with Crippen molar-refractivity contribution in [2.45, 2.75) is 33.3 Å². The smallest absolute Gasteiger partial charge is 0.419 e. The second-order valence-electron chi connectivity index (χ2n) is 6.77. The van der Waals surface area contributed by atoms with Gasteiger partial charge >= 0.3 is 12.1 Å². The highest BCUT2D eigenvalue weighted by molar-refractivity contribution is 6.30. The molecule has 3 rings (SSSR count). The lowest BCUT2D eigenvalue weighted by atomic mass is 10.1. The molecule has 0 unspecified atom stereocenters. The average Bonchev–Trinajstić information content (AvgIpc) is 2.77. The topological polar surface area (TPSA) is 81.4 Å². The number of rotatable bonds is 1. The largest absolute Gasteiger partial charge is 0.478 e. The highest BCUT2D eigenvalue weighted by Gasteiger charge is 2.27. The van der Waals surface area contributed by atoms with Crippen molar-refractivity contribution in [3.8, 4) is 0 Å². The highest BCUT2D eigenvalue weighted by atomic mass is 35.5. The molecule has 1 N–H and O–H groups in total. The normalized spacial score (nSPS) is 11.9. The summed E-state index contributed by atoms with van der Waals surface area (Å²) >= 11 is 6.01. The van der Waals surface area contributed by atoms with Crippen molar-refractivity contribution in [2.24, 2.45) is 0 Å². The van der Waals surface area contributed by atoms with Gasteiger partial charge in [-0.15, -0.1) is 0 Å². The third-order valence-electron chi connectivity index (χ3n) is 3.82. The monoisotopic (exact) mass is 360 g/mol. The lowest BCUT2D eigenvalue weighted by Gasteiger charge is -2.20. The number of ether oxygens (including phenoxy) is 1. The van der Waals surface area contributed by atoms with E-state index in [2.05, 4.69) is 4.98 Å². The minimum atomic E-state index is -1.11. The number of halogens is 1. The van der Waals surface area contributed by atoms with Gasteiger partial charge in [0.15, 0.2) is 0 Å². The van der Waals surface area contributed by atoms with Gasteiger partial charge in [0.25, 0.3) is 0 Å². The lowest BCUT2D eigenvalue weighted by Crippen LogP contribution is -2.27. The second kappa shape index (κ2) is 5.74. The molecule has 0 bridgehead atoms. The number of carbonyl (C=O) groups excluding carboxylic acids is 1. The van der Waals surface area contributed by atoms with Crippen LogP contribution in [-0.2, 0) is 4.74 Å². The van der Waals surface area contributed by atoms with Crippen LogP contribution < -0.4 is 0 Å². The second-order valence-corrected chi connectivity index (χ2v) is 7.16. The molecule has 0 saturated carbocycles. The van der Waals surface area contributed by atoms with Crippen molar-refractivity contribution in [1.29, 1.82) is 0 Å². The number of hydrogen-bond donors (Lipinski definition) is 1. The highest BCUT2D eigenvalue weighted by Crippen LogP contribution is 2.33. The van der Waals surface area contributed by atoms with Crippen LogP contribution in [0.15, 0.2) is 24.4 Å². The van der Waals surface area contributed by atoms with Gasteiger partial charge in [0, 0.05) is 28.0 Å². The van der Waals surface area contributed by atoms with Crippen LogP contribution >= 0.6 is 11.6 Å². The fourth-order valence-corrected chi connectivity index (χ4v) is 3.06. The number of hydrogen-bond acceptors (Lipinski definition) is 4. The molecule has 0 amide bonds. The van der Waals surface area contributed by atoms with Crippen LogP contribution in [0.4, 0.5) is 4.79 Å². The van der Waals surface area contributed by atoms with E-state index in [0.717, 1.165) is 5.39 Å². The van der Waals surface area contributed by atoms with Gasteiger partial charge < -0.3 is 9.84 Å². The fourth-order valence-electron chi connectivity index (χ4n) is 2.90. The van der Waals surface area contributed by atoms with Gasteiger partial charge in [-0.3, -0.25) is 0 Å². The number of benzene rings is 1. The van der Waals surface area contributed by atoms with Crippen molar-refractivity contribution < 1.29 is 19.4 Å². The minimum absolute atomic E-state index is 0.0655. The molecule has 7 heteroatoms. The molecule has 130 valence electrons. The molecular weight excluding hydrogens is 344 g/mol. The Hall–Kier alpha value is -2.60. The van der Waals surface area contributed by atoms with Gasteiger partial charge in [-0.25, -0.2) is 19.1 Å². The summed E-state index contributed by atoms with van der Waals surface area (Å²) in [5.74, 6) is -1.11. The molecule has 6 nitrogen and oxygen atoms in total. The molecule has 25 heavy (non-hydrogen) atoms. The maximum Gasteiger partial charge on any atom is 0.419 e. The van der Waals surface area contributed by atoms with Gasteiger partial charge in [-0.05, 0) is 33.8 Å². The molecule has 0 spiro atoms. The van der Waals surface area contributed by atoms with E-state index >= 15 is 0 Å². The van der Waals surface area contributed by atoms with Crippen LogP contribution in [0.2, 0.25) is 5.15 Å². The Bertz CT molecular complexity index is 1030. The van der Waals surface area contributed by atoms with Crippen LogP contribution in [0.25, 0.3) is 21.7 Å². The first-order valence-electron chi connectivity index (χ1n) is 7.66. The predicted molar refractivity (Wildman–Crippen MR) is 95.6 cm³/mol. The van der Waals surface area contributed by atoms with E-state index in [1.165, 1.54) is 4.57 Å². The van der Waals surface area contributed by atoms with Gasteiger partial charge in [-0.2, -0.15) is 0 Å². The molecule has 0 fully saturated rings. The zero-order valence-electron chi connectivity index (χ0n) is 14.3. The van der Waals surface area contributed by atoms with E-state index in [-0.39, 0.29) is 10.7 Å². The SMILES string of the molecule is Cc1c(C(=O)O)c2ccc3cnc(Cl)cc3c2n1C(=O)OC(C)(C)C. The third-order valence-corrected chi connectivity index (χ3v) is 4.03. The number of fused-ring (bicyclic) bond motifs is 3. The molecule has 0 radical (unpaired) electrons. The van der Waals surface area contributed by atoms with Crippen LogP contribution in [-0.4, -0.2) is 32.3 Å². The van der Waals surface area contributed by atoms with E-state index in [4.69, 9.17) is 16.3 Å². The third kappa shape index (κ3) is 2.93. The maximum absolute atomic E-state index is 12.8. The molecule has 2 heterocycles. The Labute approximate surface area is 149 Å². The number of carbonyl (C=O) groups is 2. The standard InChI is InChI=1S/C18H17ClN2O4/c1-9-14(16(22)23)11-6-5-10-8-20-13(19)7-12(10)15(11)21(9)17(24)25-18(2,3)4/h5-8H,1-4H3,(H,22,23). The average molecular weight is 361 g/mol. The van der Waals surface area contributed by atoms with Crippen molar-refractivity contribution in [3.63, 3.8) is 0 Å². The molecule has 1 aromatic carbocycles. The Morgan fingerprint density at radius 1 is 1.24 bits per heavy atom. The summed E-state index contributed by atoms with van der Waals surface area (Å²) in [6.07, 6.45) is 0.946. The number of aromatic nitrogens is 2. The van der Waals surface area contributed by atoms with Crippen LogP contribution in [0.1, 0.15) is 36.8 Å². The summed E-state index contributed by atoms with van der Waals surface area (Å²) in [6, 6.07) is 5.04. The van der Waals surface area contributed by atoms with Crippen LogP contribution in [0.3, 0.4) is 0 Å². The van der Waals surface area contributed by atoms with E-state index in [9.17, 15) is 14.7 Å². The Morgan fingerprint density at radius 3 is 2.52 bits per heavy atom. The van der Waals surface area contributed by atoms with E-state index in [1.54, 1.807) is 52.1 Å². The van der Waals surface area contributed by atoms with Gasteiger partial charge in [-0.1, -0.05) is 23.7 Å². The zero-order valence-corrected chi connectivity index (χ0v) is 15.0. The number of carboxylic acids is 1. The van der Waals surface area contributed by atoms with E-state index < -0.39 is 17.7 Å². The first-order valence-corrected chi connectivity index (χ1v) is 8.04. The molecule has 0 aliphatic heterocycles. The first-order chi connectivity index (χ1) is 11.6. The van der Waals surface area contributed by atoms with E-state index in [1.807, 2.05) is 0 Å². The van der Waals surface area contributed by atoms with Gasteiger partial charge in [0.05, 0.1) is 11.1 Å². The molecule has 3 aromatic rings. The van der Waals surface area contributed by atoms with Gasteiger partial charge in [0.2, 0.25) is 0 Å². The maximum atomic E-state index is 12.8. The zero-order chi connectivity index (χ0) is 18.5. The molecular formula is C18H17ClN2O4. The Morgan fingerprint density at radius 2 is 1.92 bits per heavy atom. The molecule has 0 atom stereocenters. The Kier molecular flexibility index (Phi) is 3.95. The summed E-state index contributed by atoms with van der Waals surface area (Å²) in [4.78, 5) is 28.6. The quantitative estimate of drug-likeness (QED) is 0.639. The molecule has 2 aromatic heterocycles. The number of nitrogens with zero attached hydrogens (tertiary/aromatic N) is 2. The fraction of sp³-hybridized carbons (Fsp3) is 0.278. The summed E-state index contributed by atoms with van der Waals surface area (Å²) < 4.78 is 6.76. The minimum Gasteiger partial charge on any atom is -0.478 e. The van der Waals surface area contributed by atoms with Crippen LogP contribution in [0.5, 0.6) is 0 Å². The van der Waals surface area contributed by atoms with Crippen molar-refractivity contribution in [2.75, 3.05) is 0 Å². The van der Waals surface area contributed by atoms with Gasteiger partial charge in [0.1, 0.15) is 10.8 Å². The summed E-state index contributed by atoms with van der Waals surface area (Å²) in [6.45, 7) is 6.84.